The first-order valence-corrected chi connectivity index (χ1v) is 4.94. The highest BCUT2D eigenvalue weighted by Gasteiger charge is 2.27. The summed E-state index contributed by atoms with van der Waals surface area (Å²) in [6, 6.07) is 2.05. The summed E-state index contributed by atoms with van der Waals surface area (Å²) in [7, 11) is 0. The van der Waals surface area contributed by atoms with Gasteiger partial charge in [-0.2, -0.15) is 0 Å². The summed E-state index contributed by atoms with van der Waals surface area (Å²) >= 11 is 0. The lowest BCUT2D eigenvalue weighted by molar-refractivity contribution is 0.0835. The van der Waals surface area contributed by atoms with Crippen LogP contribution in [0.1, 0.15) is 18.7 Å². The van der Waals surface area contributed by atoms with E-state index in [0.717, 1.165) is 18.7 Å². The summed E-state index contributed by atoms with van der Waals surface area (Å²) in [5.74, 6) is 7.27. The second-order valence-electron chi connectivity index (χ2n) is 3.80. The van der Waals surface area contributed by atoms with E-state index in [1.807, 2.05) is 6.92 Å². The average molecular weight is 209 g/mol. The van der Waals surface area contributed by atoms with Crippen molar-refractivity contribution in [3.63, 3.8) is 0 Å². The Kier molecular flexibility index (Phi) is 2.70. The molecule has 1 fully saturated rings. The Morgan fingerprint density at radius 2 is 2.07 bits per heavy atom. The molecule has 5 N–H and O–H groups in total. The largest absolute Gasteiger partial charge is 0.393 e. The number of hydrazine groups is 1. The molecule has 2 rings (SSSR count). The predicted molar refractivity (Wildman–Crippen MR) is 57.2 cm³/mol. The number of rotatable bonds is 3. The number of nitrogens with zero attached hydrogens (tertiary/aromatic N) is 2. The van der Waals surface area contributed by atoms with Crippen LogP contribution in [0.3, 0.4) is 0 Å². The number of aliphatic hydroxyl groups is 1. The van der Waals surface area contributed by atoms with Crippen LogP contribution in [0.15, 0.2) is 6.07 Å². The zero-order valence-corrected chi connectivity index (χ0v) is 8.57. The molecule has 6 nitrogen and oxygen atoms in total. The van der Waals surface area contributed by atoms with Crippen molar-refractivity contribution in [1.29, 1.82) is 0 Å². The van der Waals surface area contributed by atoms with Crippen LogP contribution in [-0.2, 0) is 0 Å². The molecule has 1 aliphatic carbocycles. The lowest BCUT2D eigenvalue weighted by Crippen LogP contribution is -2.39. The van der Waals surface area contributed by atoms with Crippen molar-refractivity contribution < 1.29 is 5.11 Å². The van der Waals surface area contributed by atoms with E-state index in [4.69, 9.17) is 10.9 Å². The number of aliphatic hydroxyl groups excluding tert-OH is 1. The first-order chi connectivity index (χ1) is 7.17. The second-order valence-corrected chi connectivity index (χ2v) is 3.80. The van der Waals surface area contributed by atoms with Gasteiger partial charge in [-0.25, -0.2) is 15.8 Å². The summed E-state index contributed by atoms with van der Waals surface area (Å²) in [5.41, 5.74) is 2.49. The van der Waals surface area contributed by atoms with Gasteiger partial charge in [0.15, 0.2) is 0 Å². The summed E-state index contributed by atoms with van der Waals surface area (Å²) in [6.45, 7) is 1.81. The Bertz CT molecular complexity index is 350. The molecule has 1 aromatic heterocycles. The first-order valence-electron chi connectivity index (χ1n) is 4.94. The lowest BCUT2D eigenvalue weighted by Gasteiger charge is -2.32. The van der Waals surface area contributed by atoms with Crippen LogP contribution >= 0.6 is 0 Å². The van der Waals surface area contributed by atoms with Gasteiger partial charge in [-0.3, -0.25) is 0 Å². The zero-order valence-electron chi connectivity index (χ0n) is 8.57. The molecule has 0 unspecified atom stereocenters. The number of anilines is 2. The standard InChI is InChI=1S/C9H15N5O/c1-5-11-8(4-9(12-5)14-10)13-6-2-7(15)3-6/h4,6-7,15H,2-3,10H2,1H3,(H2,11,12,13,14). The minimum absolute atomic E-state index is 0.169. The van der Waals surface area contributed by atoms with Gasteiger partial charge in [-0.05, 0) is 19.8 Å². The Morgan fingerprint density at radius 1 is 1.40 bits per heavy atom. The van der Waals surface area contributed by atoms with Crippen LogP contribution in [0.5, 0.6) is 0 Å². The maximum atomic E-state index is 9.15. The van der Waals surface area contributed by atoms with E-state index in [2.05, 4.69) is 20.7 Å². The minimum Gasteiger partial charge on any atom is -0.393 e. The van der Waals surface area contributed by atoms with E-state index in [-0.39, 0.29) is 6.10 Å². The molecule has 1 heterocycles. The Morgan fingerprint density at radius 3 is 2.67 bits per heavy atom. The third-order valence-corrected chi connectivity index (χ3v) is 2.45. The molecule has 0 bridgehead atoms. The van der Waals surface area contributed by atoms with Gasteiger partial charge in [0.05, 0.1) is 6.10 Å². The topological polar surface area (TPSA) is 96.1 Å². The number of nitrogen functional groups attached to an aromatic ring is 1. The highest BCUT2D eigenvalue weighted by molar-refractivity contribution is 5.47. The van der Waals surface area contributed by atoms with Crippen LogP contribution in [0, 0.1) is 6.92 Å². The quantitative estimate of drug-likeness (QED) is 0.413. The Hall–Kier alpha value is -1.40. The van der Waals surface area contributed by atoms with Crippen molar-refractivity contribution in [2.45, 2.75) is 31.9 Å². The van der Waals surface area contributed by atoms with Gasteiger partial charge in [0, 0.05) is 12.1 Å². The average Bonchev–Trinajstić information content (AvgIpc) is 2.14. The fraction of sp³-hybridized carbons (Fsp3) is 0.556. The normalized spacial score (nSPS) is 24.5. The molecule has 1 saturated carbocycles. The molecule has 0 aliphatic heterocycles. The van der Waals surface area contributed by atoms with Crippen LogP contribution in [0.2, 0.25) is 0 Å². The van der Waals surface area contributed by atoms with Gasteiger partial charge < -0.3 is 15.8 Å². The van der Waals surface area contributed by atoms with E-state index in [9.17, 15) is 0 Å². The molecule has 0 spiro atoms. The molecule has 82 valence electrons. The third kappa shape index (κ3) is 2.34. The predicted octanol–water partition coefficient (Wildman–Crippen LogP) is 0.00582. The summed E-state index contributed by atoms with van der Waals surface area (Å²) in [5, 5.41) is 12.4. The van der Waals surface area contributed by atoms with Crippen LogP contribution in [0.25, 0.3) is 0 Å². The summed E-state index contributed by atoms with van der Waals surface area (Å²) < 4.78 is 0. The van der Waals surface area contributed by atoms with Gasteiger partial charge in [-0.1, -0.05) is 0 Å². The fourth-order valence-electron chi connectivity index (χ4n) is 1.63. The number of nitrogens with one attached hydrogen (secondary N) is 2. The monoisotopic (exact) mass is 209 g/mol. The molecule has 1 aliphatic rings. The van der Waals surface area contributed by atoms with E-state index >= 15 is 0 Å². The van der Waals surface area contributed by atoms with Crippen molar-refractivity contribution in [3.8, 4) is 0 Å². The summed E-state index contributed by atoms with van der Waals surface area (Å²) in [6.07, 6.45) is 1.38. The van der Waals surface area contributed by atoms with Crippen molar-refractivity contribution in [2.24, 2.45) is 5.84 Å². The van der Waals surface area contributed by atoms with E-state index in [1.54, 1.807) is 6.07 Å². The second kappa shape index (κ2) is 4.00. The molecule has 0 atom stereocenters. The van der Waals surface area contributed by atoms with Crippen molar-refractivity contribution in [3.05, 3.63) is 11.9 Å². The molecule has 6 heteroatoms. The Labute approximate surface area is 87.9 Å². The Balaban J connectivity index is 2.04. The molecule has 15 heavy (non-hydrogen) atoms. The van der Waals surface area contributed by atoms with Gasteiger partial charge in [0.1, 0.15) is 17.5 Å². The van der Waals surface area contributed by atoms with Gasteiger partial charge >= 0.3 is 0 Å². The van der Waals surface area contributed by atoms with Gasteiger partial charge in [0.25, 0.3) is 0 Å². The van der Waals surface area contributed by atoms with E-state index in [1.165, 1.54) is 0 Å². The van der Waals surface area contributed by atoms with Crippen LogP contribution < -0.4 is 16.6 Å². The van der Waals surface area contributed by atoms with Gasteiger partial charge in [0.2, 0.25) is 0 Å². The maximum Gasteiger partial charge on any atom is 0.145 e. The molecule has 0 saturated heterocycles. The van der Waals surface area contributed by atoms with Gasteiger partial charge in [-0.15, -0.1) is 0 Å². The van der Waals surface area contributed by atoms with Crippen molar-refractivity contribution in [1.82, 2.24) is 9.97 Å². The minimum atomic E-state index is -0.169. The highest BCUT2D eigenvalue weighted by atomic mass is 16.3. The number of hydrogen-bond acceptors (Lipinski definition) is 6. The van der Waals surface area contributed by atoms with Crippen molar-refractivity contribution in [2.75, 3.05) is 10.7 Å². The molecule has 1 aromatic rings. The molecular formula is C9H15N5O. The molecular weight excluding hydrogens is 194 g/mol. The SMILES string of the molecule is Cc1nc(NN)cc(NC2CC(O)C2)n1. The lowest BCUT2D eigenvalue weighted by atomic mass is 9.89. The number of aryl methyl sites for hydroxylation is 1. The molecule has 0 radical (unpaired) electrons. The van der Waals surface area contributed by atoms with Crippen LogP contribution in [0.4, 0.5) is 11.6 Å². The third-order valence-electron chi connectivity index (χ3n) is 2.45. The van der Waals surface area contributed by atoms with Crippen molar-refractivity contribution >= 4 is 11.6 Å². The smallest absolute Gasteiger partial charge is 0.145 e. The number of nitrogens with two attached hydrogens (primary N) is 1. The number of aromatic nitrogens is 2. The maximum absolute atomic E-state index is 9.15. The zero-order chi connectivity index (χ0) is 10.8. The molecule has 0 aromatic carbocycles. The number of hydrogen-bond donors (Lipinski definition) is 4. The fourth-order valence-corrected chi connectivity index (χ4v) is 1.63. The first kappa shape index (κ1) is 10.1. The molecule has 0 amide bonds. The van der Waals surface area contributed by atoms with Crippen LogP contribution in [-0.4, -0.2) is 27.2 Å². The highest BCUT2D eigenvalue weighted by Crippen LogP contribution is 2.23. The summed E-state index contributed by atoms with van der Waals surface area (Å²) in [4.78, 5) is 8.31. The van der Waals surface area contributed by atoms with E-state index < -0.39 is 0 Å². The van der Waals surface area contributed by atoms with E-state index in [0.29, 0.717) is 17.7 Å².